The van der Waals surface area contributed by atoms with E-state index in [1.165, 1.54) is 12.1 Å². The number of likely N-dealkylation sites (tertiary alicyclic amines) is 1. The van der Waals surface area contributed by atoms with E-state index in [1.807, 2.05) is 34.1 Å². The van der Waals surface area contributed by atoms with Gasteiger partial charge >= 0.3 is 0 Å². The lowest BCUT2D eigenvalue weighted by atomic mass is 9.76. The van der Waals surface area contributed by atoms with Crippen molar-refractivity contribution in [2.75, 3.05) is 19.6 Å². The van der Waals surface area contributed by atoms with E-state index in [2.05, 4.69) is 11.1 Å². The third kappa shape index (κ3) is 4.42. The van der Waals surface area contributed by atoms with Gasteiger partial charge in [-0.1, -0.05) is 30.4 Å². The zero-order valence-corrected chi connectivity index (χ0v) is 17.0. The molecular weight excluding hydrogens is 381 g/mol. The van der Waals surface area contributed by atoms with Crippen LogP contribution in [0.15, 0.2) is 60.8 Å². The minimum Gasteiger partial charge on any atom is -0.341 e. The van der Waals surface area contributed by atoms with E-state index in [4.69, 9.17) is 0 Å². The van der Waals surface area contributed by atoms with Crippen LogP contribution in [0.2, 0.25) is 0 Å². The summed E-state index contributed by atoms with van der Waals surface area (Å²) in [5.41, 5.74) is 1.05. The molecule has 2 aliphatic rings. The lowest BCUT2D eigenvalue weighted by Gasteiger charge is -2.43. The highest BCUT2D eigenvalue weighted by Crippen LogP contribution is 2.38. The lowest BCUT2D eigenvalue weighted by molar-refractivity contribution is -0.148. The largest absolute Gasteiger partial charge is 0.341 e. The number of hydrogen-bond donors (Lipinski definition) is 0. The number of nitrogens with zero attached hydrogens (tertiary/aromatic N) is 3. The molecule has 0 saturated carbocycles. The minimum atomic E-state index is -0.592. The average molecular weight is 407 g/mol. The maximum absolute atomic E-state index is 13.6. The Morgan fingerprint density at radius 3 is 2.73 bits per heavy atom. The third-order valence-corrected chi connectivity index (χ3v) is 6.02. The first-order valence-corrected chi connectivity index (χ1v) is 10.4. The summed E-state index contributed by atoms with van der Waals surface area (Å²) in [4.78, 5) is 34.4. The van der Waals surface area contributed by atoms with E-state index in [0.29, 0.717) is 32.6 Å². The predicted octanol–water partition coefficient (Wildman–Crippen LogP) is 3.36. The molecule has 0 N–H and O–H groups in total. The van der Waals surface area contributed by atoms with Gasteiger partial charge in [-0.25, -0.2) is 4.39 Å². The highest BCUT2D eigenvalue weighted by molar-refractivity contribution is 5.86. The Kier molecular flexibility index (Phi) is 5.93. The quantitative estimate of drug-likeness (QED) is 0.731. The molecule has 1 aromatic heterocycles. The molecule has 0 aliphatic carbocycles. The summed E-state index contributed by atoms with van der Waals surface area (Å²) in [6, 6.07) is 11.8. The van der Waals surface area contributed by atoms with Crippen LogP contribution < -0.4 is 0 Å². The van der Waals surface area contributed by atoms with Crippen LogP contribution in [-0.2, 0) is 22.6 Å². The summed E-state index contributed by atoms with van der Waals surface area (Å²) in [7, 11) is 0. The zero-order valence-electron chi connectivity index (χ0n) is 17.0. The van der Waals surface area contributed by atoms with Crippen molar-refractivity contribution < 1.29 is 14.0 Å². The number of carbonyl (C=O) groups is 2. The smallest absolute Gasteiger partial charge is 0.231 e. The molecule has 2 amide bonds. The van der Waals surface area contributed by atoms with Crippen molar-refractivity contribution in [1.82, 2.24) is 14.8 Å². The topological polar surface area (TPSA) is 53.5 Å². The van der Waals surface area contributed by atoms with E-state index in [9.17, 15) is 14.0 Å². The van der Waals surface area contributed by atoms with Gasteiger partial charge in [0.05, 0.1) is 11.8 Å². The van der Waals surface area contributed by atoms with E-state index >= 15 is 0 Å². The molecule has 1 aromatic carbocycles. The van der Waals surface area contributed by atoms with Crippen LogP contribution in [0.1, 0.15) is 30.5 Å². The normalized spacial score (nSPS) is 21.7. The van der Waals surface area contributed by atoms with Crippen LogP contribution in [0, 0.1) is 11.2 Å². The Balaban J connectivity index is 1.49. The van der Waals surface area contributed by atoms with Crippen LogP contribution >= 0.6 is 0 Å². The number of carbonyl (C=O) groups excluding carboxylic acids is 2. The van der Waals surface area contributed by atoms with Crippen LogP contribution in [-0.4, -0.2) is 46.2 Å². The van der Waals surface area contributed by atoms with Crippen LogP contribution in [0.25, 0.3) is 0 Å². The summed E-state index contributed by atoms with van der Waals surface area (Å²) < 4.78 is 13.2. The van der Waals surface area contributed by atoms with Gasteiger partial charge in [0.25, 0.3) is 0 Å². The number of pyridine rings is 1. The van der Waals surface area contributed by atoms with Crippen LogP contribution in [0.5, 0.6) is 0 Å². The van der Waals surface area contributed by atoms with Gasteiger partial charge in [0.1, 0.15) is 5.82 Å². The third-order valence-electron chi connectivity index (χ3n) is 6.02. The van der Waals surface area contributed by atoms with Gasteiger partial charge < -0.3 is 9.80 Å². The first-order chi connectivity index (χ1) is 14.6. The average Bonchev–Trinajstić information content (AvgIpc) is 2.90. The van der Waals surface area contributed by atoms with E-state index in [-0.39, 0.29) is 24.1 Å². The summed E-state index contributed by atoms with van der Waals surface area (Å²) in [5.74, 6) is -0.197. The maximum atomic E-state index is 13.6. The van der Waals surface area contributed by atoms with Crippen molar-refractivity contribution in [3.8, 4) is 0 Å². The van der Waals surface area contributed by atoms with Gasteiger partial charge in [-0.15, -0.1) is 0 Å². The molecule has 6 heteroatoms. The van der Waals surface area contributed by atoms with Gasteiger partial charge in [0.2, 0.25) is 11.8 Å². The summed E-state index contributed by atoms with van der Waals surface area (Å²) in [6.07, 6.45) is 8.23. The molecule has 0 unspecified atom stereocenters. The number of piperidine rings is 1. The van der Waals surface area contributed by atoms with Gasteiger partial charge in [-0.3, -0.25) is 14.6 Å². The van der Waals surface area contributed by atoms with Gasteiger partial charge in [0, 0.05) is 38.1 Å². The molecule has 1 saturated heterocycles. The Bertz CT molecular complexity index is 929. The molecule has 156 valence electrons. The fraction of sp³-hybridized carbons (Fsp3) is 0.375. The standard InChI is InChI=1S/C24H26FN3O2/c25-20-9-7-19(8-10-20)17-27-14-4-2-11-24(23(27)30)12-5-15-28(18-24)22(29)16-21-6-1-3-13-26-21/h1-4,6-10,13H,5,11-12,14-18H2/t24-/m1/s1. The summed E-state index contributed by atoms with van der Waals surface area (Å²) in [5, 5.41) is 0. The summed E-state index contributed by atoms with van der Waals surface area (Å²) >= 11 is 0. The molecule has 1 fully saturated rings. The Hall–Kier alpha value is -3.02. The molecule has 5 nitrogen and oxygen atoms in total. The Morgan fingerprint density at radius 1 is 1.13 bits per heavy atom. The second-order valence-electron chi connectivity index (χ2n) is 8.18. The van der Waals surface area contributed by atoms with E-state index in [0.717, 1.165) is 24.1 Å². The number of halogens is 1. The molecule has 4 rings (SSSR count). The number of aromatic nitrogens is 1. The zero-order chi connectivity index (χ0) is 21.0. The lowest BCUT2D eigenvalue weighted by Crippen LogP contribution is -2.53. The number of rotatable bonds is 4. The van der Waals surface area contributed by atoms with Gasteiger partial charge in [-0.2, -0.15) is 0 Å². The van der Waals surface area contributed by atoms with Crippen molar-refractivity contribution >= 4 is 11.8 Å². The van der Waals surface area contributed by atoms with Crippen molar-refractivity contribution in [1.29, 1.82) is 0 Å². The van der Waals surface area contributed by atoms with Crippen molar-refractivity contribution in [3.05, 3.63) is 77.9 Å². The van der Waals surface area contributed by atoms with E-state index in [1.54, 1.807) is 18.3 Å². The number of benzene rings is 1. The Morgan fingerprint density at radius 2 is 1.97 bits per heavy atom. The highest BCUT2D eigenvalue weighted by Gasteiger charge is 2.45. The fourth-order valence-corrected chi connectivity index (χ4v) is 4.42. The first kappa shape index (κ1) is 20.3. The molecule has 1 spiro atoms. The van der Waals surface area contributed by atoms with E-state index < -0.39 is 5.41 Å². The molecule has 30 heavy (non-hydrogen) atoms. The summed E-state index contributed by atoms with van der Waals surface area (Å²) in [6.45, 7) is 2.07. The molecule has 1 atom stereocenters. The van der Waals surface area contributed by atoms with Crippen molar-refractivity contribution in [2.45, 2.75) is 32.2 Å². The highest BCUT2D eigenvalue weighted by atomic mass is 19.1. The molecule has 2 aromatic rings. The Labute approximate surface area is 176 Å². The maximum Gasteiger partial charge on any atom is 0.231 e. The molecular formula is C24H26FN3O2. The SMILES string of the molecule is O=C(Cc1ccccn1)N1CCC[C@]2(CC=CCN(Cc3ccc(F)cc3)C2=O)C1. The monoisotopic (exact) mass is 407 g/mol. The fourth-order valence-electron chi connectivity index (χ4n) is 4.42. The first-order valence-electron chi connectivity index (χ1n) is 10.4. The molecule has 0 bridgehead atoms. The molecule has 3 heterocycles. The second kappa shape index (κ2) is 8.78. The van der Waals surface area contributed by atoms with Gasteiger partial charge in [0.15, 0.2) is 0 Å². The van der Waals surface area contributed by atoms with Crippen molar-refractivity contribution in [2.24, 2.45) is 5.41 Å². The number of hydrogen-bond acceptors (Lipinski definition) is 3. The van der Waals surface area contributed by atoms with Crippen molar-refractivity contribution in [3.63, 3.8) is 0 Å². The predicted molar refractivity (Wildman–Crippen MR) is 112 cm³/mol. The van der Waals surface area contributed by atoms with Crippen LogP contribution in [0.4, 0.5) is 4.39 Å². The number of allylic oxidation sites excluding steroid dienone is 1. The van der Waals surface area contributed by atoms with Crippen LogP contribution in [0.3, 0.4) is 0 Å². The molecule has 0 radical (unpaired) electrons. The minimum absolute atomic E-state index is 0.0129. The molecule has 2 aliphatic heterocycles. The second-order valence-corrected chi connectivity index (χ2v) is 8.18. The van der Waals surface area contributed by atoms with Gasteiger partial charge in [-0.05, 0) is 49.1 Å². The number of amides is 2.